The molecule has 1 aliphatic rings. The Labute approximate surface area is 132 Å². The predicted molar refractivity (Wildman–Crippen MR) is 90.2 cm³/mol. The minimum absolute atomic E-state index is 0.203. The lowest BCUT2D eigenvalue weighted by Crippen LogP contribution is -2.18. The second-order valence-corrected chi connectivity index (χ2v) is 6.46. The van der Waals surface area contributed by atoms with Gasteiger partial charge in [-0.2, -0.15) is 0 Å². The smallest absolute Gasteiger partial charge is 0.0575 e. The third kappa shape index (κ3) is 3.14. The molecule has 0 amide bonds. The van der Waals surface area contributed by atoms with Gasteiger partial charge in [0.25, 0.3) is 0 Å². The molecular weight excluding hydrogens is 278 g/mol. The molecule has 0 saturated heterocycles. The highest BCUT2D eigenvalue weighted by atomic mass is 35.5. The van der Waals surface area contributed by atoms with Crippen molar-refractivity contribution < 1.29 is 0 Å². The quantitative estimate of drug-likeness (QED) is 0.855. The Morgan fingerprint density at radius 2 is 1.71 bits per heavy atom. The van der Waals surface area contributed by atoms with E-state index in [-0.39, 0.29) is 6.04 Å². The van der Waals surface area contributed by atoms with Crippen molar-refractivity contribution in [2.24, 2.45) is 0 Å². The first kappa shape index (κ1) is 14.6. The Morgan fingerprint density at radius 1 is 0.952 bits per heavy atom. The average molecular weight is 300 g/mol. The number of fused-ring (bicyclic) bond motifs is 1. The Balaban J connectivity index is 1.99. The standard InChI is InChI=1S/C19H22ClN/c1-13-9-17(12-18(20)10-13)19(21-2)16-8-7-14-5-3-4-6-15(14)11-16/h7-12,19,21H,3-6H2,1-2H3. The van der Waals surface area contributed by atoms with E-state index in [0.717, 1.165) is 5.02 Å². The summed E-state index contributed by atoms with van der Waals surface area (Å²) in [4.78, 5) is 0. The van der Waals surface area contributed by atoms with Crippen LogP contribution in [0.3, 0.4) is 0 Å². The fourth-order valence-electron chi connectivity index (χ4n) is 3.39. The summed E-state index contributed by atoms with van der Waals surface area (Å²) in [5, 5.41) is 4.25. The van der Waals surface area contributed by atoms with Gasteiger partial charge in [0.15, 0.2) is 0 Å². The third-order valence-electron chi connectivity index (χ3n) is 4.39. The molecule has 0 bridgehead atoms. The van der Waals surface area contributed by atoms with Crippen LogP contribution >= 0.6 is 11.6 Å². The Hall–Kier alpha value is -1.31. The second kappa shape index (κ2) is 6.21. The van der Waals surface area contributed by atoms with E-state index in [4.69, 9.17) is 11.6 Å². The zero-order valence-corrected chi connectivity index (χ0v) is 13.5. The normalized spacial score (nSPS) is 15.6. The summed E-state index contributed by atoms with van der Waals surface area (Å²) in [5.74, 6) is 0. The van der Waals surface area contributed by atoms with Gasteiger partial charge in [-0.1, -0.05) is 35.9 Å². The molecule has 0 radical (unpaired) electrons. The van der Waals surface area contributed by atoms with Crippen molar-refractivity contribution >= 4 is 11.6 Å². The number of aryl methyl sites for hydroxylation is 3. The van der Waals surface area contributed by atoms with Gasteiger partial charge >= 0.3 is 0 Å². The molecule has 3 rings (SSSR count). The SMILES string of the molecule is CNC(c1cc(C)cc(Cl)c1)c1ccc2c(c1)CCCC2. The molecule has 0 heterocycles. The molecule has 2 aromatic carbocycles. The monoisotopic (exact) mass is 299 g/mol. The third-order valence-corrected chi connectivity index (χ3v) is 4.61. The first-order valence-electron chi connectivity index (χ1n) is 7.73. The molecule has 1 aliphatic carbocycles. The van der Waals surface area contributed by atoms with Gasteiger partial charge < -0.3 is 5.32 Å². The van der Waals surface area contributed by atoms with Gasteiger partial charge in [0.2, 0.25) is 0 Å². The molecule has 21 heavy (non-hydrogen) atoms. The summed E-state index contributed by atoms with van der Waals surface area (Å²) in [6.07, 6.45) is 5.09. The molecule has 0 fully saturated rings. The molecular formula is C19H22ClN. The van der Waals surface area contributed by atoms with Crippen LogP contribution in [0.5, 0.6) is 0 Å². The minimum atomic E-state index is 0.203. The van der Waals surface area contributed by atoms with Crippen LogP contribution in [0.1, 0.15) is 46.7 Å². The Bertz CT molecular complexity index is 628. The van der Waals surface area contributed by atoms with Crippen LogP contribution < -0.4 is 5.32 Å². The van der Waals surface area contributed by atoms with Gasteiger partial charge in [-0.15, -0.1) is 0 Å². The molecule has 0 aliphatic heterocycles. The van der Waals surface area contributed by atoms with Gasteiger partial charge in [0, 0.05) is 5.02 Å². The van der Waals surface area contributed by atoms with Crippen LogP contribution in [0.2, 0.25) is 5.02 Å². The van der Waals surface area contributed by atoms with Crippen molar-refractivity contribution in [2.75, 3.05) is 7.05 Å². The summed E-state index contributed by atoms with van der Waals surface area (Å²) >= 11 is 6.23. The van der Waals surface area contributed by atoms with Crippen LogP contribution in [-0.4, -0.2) is 7.05 Å². The zero-order valence-electron chi connectivity index (χ0n) is 12.7. The van der Waals surface area contributed by atoms with Crippen molar-refractivity contribution in [1.29, 1.82) is 0 Å². The highest BCUT2D eigenvalue weighted by molar-refractivity contribution is 6.30. The predicted octanol–water partition coefficient (Wildman–Crippen LogP) is 4.84. The van der Waals surface area contributed by atoms with Gasteiger partial charge in [-0.3, -0.25) is 0 Å². The van der Waals surface area contributed by atoms with E-state index in [1.165, 1.54) is 53.5 Å². The van der Waals surface area contributed by atoms with E-state index in [1.807, 2.05) is 13.1 Å². The summed E-state index contributed by atoms with van der Waals surface area (Å²) < 4.78 is 0. The van der Waals surface area contributed by atoms with Crippen molar-refractivity contribution in [2.45, 2.75) is 38.6 Å². The van der Waals surface area contributed by atoms with Crippen LogP contribution in [-0.2, 0) is 12.8 Å². The highest BCUT2D eigenvalue weighted by Crippen LogP contribution is 2.29. The van der Waals surface area contributed by atoms with Crippen molar-refractivity contribution in [1.82, 2.24) is 5.32 Å². The maximum atomic E-state index is 6.23. The fourth-order valence-corrected chi connectivity index (χ4v) is 3.69. The molecule has 2 aromatic rings. The molecule has 0 saturated carbocycles. The van der Waals surface area contributed by atoms with Crippen molar-refractivity contribution in [3.8, 4) is 0 Å². The number of halogens is 1. The number of rotatable bonds is 3. The van der Waals surface area contributed by atoms with E-state index in [2.05, 4.69) is 42.6 Å². The van der Waals surface area contributed by atoms with Gasteiger partial charge in [0.05, 0.1) is 6.04 Å². The molecule has 1 atom stereocenters. The summed E-state index contributed by atoms with van der Waals surface area (Å²) in [6, 6.07) is 13.4. The number of nitrogens with one attached hydrogen (secondary N) is 1. The lowest BCUT2D eigenvalue weighted by atomic mass is 9.88. The van der Waals surface area contributed by atoms with Crippen LogP contribution in [0.4, 0.5) is 0 Å². The zero-order chi connectivity index (χ0) is 14.8. The molecule has 110 valence electrons. The van der Waals surface area contributed by atoms with Crippen LogP contribution in [0.25, 0.3) is 0 Å². The molecule has 0 aromatic heterocycles. The fraction of sp³-hybridized carbons (Fsp3) is 0.368. The van der Waals surface area contributed by atoms with Crippen LogP contribution in [0.15, 0.2) is 36.4 Å². The molecule has 1 N–H and O–H groups in total. The first-order valence-corrected chi connectivity index (χ1v) is 8.11. The van der Waals surface area contributed by atoms with E-state index >= 15 is 0 Å². The number of hydrogen-bond acceptors (Lipinski definition) is 1. The Kier molecular flexibility index (Phi) is 4.32. The lowest BCUT2D eigenvalue weighted by molar-refractivity contribution is 0.667. The van der Waals surface area contributed by atoms with Crippen LogP contribution in [0, 0.1) is 6.92 Å². The van der Waals surface area contributed by atoms with E-state index in [1.54, 1.807) is 0 Å². The Morgan fingerprint density at radius 3 is 2.43 bits per heavy atom. The molecule has 1 nitrogen and oxygen atoms in total. The molecule has 0 spiro atoms. The maximum Gasteiger partial charge on any atom is 0.0575 e. The largest absolute Gasteiger partial charge is 0.309 e. The number of hydrogen-bond donors (Lipinski definition) is 1. The number of benzene rings is 2. The van der Waals surface area contributed by atoms with Gasteiger partial charge in [-0.05, 0) is 79.6 Å². The highest BCUT2D eigenvalue weighted by Gasteiger charge is 2.16. The minimum Gasteiger partial charge on any atom is -0.309 e. The average Bonchev–Trinajstić information content (AvgIpc) is 2.47. The van der Waals surface area contributed by atoms with E-state index in [9.17, 15) is 0 Å². The maximum absolute atomic E-state index is 6.23. The summed E-state index contributed by atoms with van der Waals surface area (Å²) in [7, 11) is 2.01. The lowest BCUT2D eigenvalue weighted by Gasteiger charge is -2.22. The summed E-state index contributed by atoms with van der Waals surface area (Å²) in [5.41, 5.74) is 6.83. The second-order valence-electron chi connectivity index (χ2n) is 6.02. The van der Waals surface area contributed by atoms with Crippen molar-refractivity contribution in [3.05, 3.63) is 69.2 Å². The van der Waals surface area contributed by atoms with E-state index < -0.39 is 0 Å². The topological polar surface area (TPSA) is 12.0 Å². The van der Waals surface area contributed by atoms with Crippen molar-refractivity contribution in [3.63, 3.8) is 0 Å². The molecule has 2 heteroatoms. The molecule has 1 unspecified atom stereocenters. The summed E-state index contributed by atoms with van der Waals surface area (Å²) in [6.45, 7) is 2.09. The van der Waals surface area contributed by atoms with Gasteiger partial charge in [0.1, 0.15) is 0 Å². The van der Waals surface area contributed by atoms with Gasteiger partial charge in [-0.25, -0.2) is 0 Å². The first-order chi connectivity index (χ1) is 10.2. The van der Waals surface area contributed by atoms with E-state index in [0.29, 0.717) is 0 Å².